The number of non-ortho nitro benzene ring substituents is 1. The van der Waals surface area contributed by atoms with Crippen LogP contribution in [0.4, 0.5) is 5.69 Å². The van der Waals surface area contributed by atoms with Crippen LogP contribution in [-0.2, 0) is 19.4 Å². The second-order valence-electron chi connectivity index (χ2n) is 7.65. The maximum absolute atomic E-state index is 13.0. The van der Waals surface area contributed by atoms with Crippen LogP contribution in [0.25, 0.3) is 0 Å². The number of sulfone groups is 1. The van der Waals surface area contributed by atoms with Gasteiger partial charge in [-0.2, -0.15) is 0 Å². The molecule has 9 nitrogen and oxygen atoms in total. The smallest absolute Gasteiger partial charge is 0.336 e. The van der Waals surface area contributed by atoms with Crippen molar-refractivity contribution in [3.8, 4) is 0 Å². The van der Waals surface area contributed by atoms with Gasteiger partial charge in [-0.15, -0.1) is 0 Å². The van der Waals surface area contributed by atoms with Gasteiger partial charge in [0.15, 0.2) is 9.84 Å². The second kappa shape index (κ2) is 8.57. The minimum atomic E-state index is -3.64. The first kappa shape index (κ1) is 22.0. The molecule has 0 saturated heterocycles. The minimum Gasteiger partial charge on any atom is -0.461 e. The van der Waals surface area contributed by atoms with Gasteiger partial charge < -0.3 is 15.0 Å². The Balaban J connectivity index is 2.11. The summed E-state index contributed by atoms with van der Waals surface area (Å²) in [4.78, 5) is 25.7. The van der Waals surface area contributed by atoms with Crippen LogP contribution in [0.2, 0.25) is 0 Å². The topological polar surface area (TPSA) is 119 Å². The first-order valence-electron chi connectivity index (χ1n) is 9.61. The average molecular weight is 436 g/mol. The Morgan fingerprint density at radius 3 is 2.77 bits per heavy atom. The fraction of sp³-hybridized carbons (Fsp3) is 0.450. The SMILES string of the molecule is CC1=C(C(=O)OCCN(C)C)C(c2cccc([N+](=O)[O-])c2)C2=C(CCCS2(=O)=O)N1. The molecule has 0 amide bonds. The predicted molar refractivity (Wildman–Crippen MR) is 111 cm³/mol. The van der Waals surface area contributed by atoms with Crippen molar-refractivity contribution in [1.29, 1.82) is 0 Å². The number of nitrogens with zero attached hydrogens (tertiary/aromatic N) is 2. The van der Waals surface area contributed by atoms with Crippen LogP contribution in [0.5, 0.6) is 0 Å². The second-order valence-corrected chi connectivity index (χ2v) is 9.73. The number of nitrogens with one attached hydrogen (secondary N) is 1. The Hall–Kier alpha value is -2.72. The Bertz CT molecular complexity index is 1040. The molecule has 3 rings (SSSR count). The zero-order chi connectivity index (χ0) is 22.1. The molecule has 10 heteroatoms. The standard InChI is InChI=1S/C20H25N3O6S/c1-13-17(20(24)29-10-9-22(2)3)18(14-6-4-7-15(12-14)23(25)26)19-16(21-13)8-5-11-30(19,27)28/h4,6-7,12,18,21H,5,8-11H2,1-3H3. The van der Waals surface area contributed by atoms with Gasteiger partial charge in [-0.25, -0.2) is 13.2 Å². The van der Waals surface area contributed by atoms with Crippen molar-refractivity contribution < 1.29 is 22.9 Å². The molecule has 0 aliphatic carbocycles. The quantitative estimate of drug-likeness (QED) is 0.410. The highest BCUT2D eigenvalue weighted by Crippen LogP contribution is 2.44. The summed E-state index contributed by atoms with van der Waals surface area (Å²) in [5, 5.41) is 14.4. The van der Waals surface area contributed by atoms with Crippen LogP contribution < -0.4 is 5.32 Å². The lowest BCUT2D eigenvalue weighted by Crippen LogP contribution is -2.36. The van der Waals surface area contributed by atoms with Crippen molar-refractivity contribution >= 4 is 21.5 Å². The number of esters is 1. The minimum absolute atomic E-state index is 0.0268. The van der Waals surface area contributed by atoms with E-state index in [4.69, 9.17) is 4.74 Å². The summed E-state index contributed by atoms with van der Waals surface area (Å²) < 4.78 is 31.4. The maximum atomic E-state index is 13.0. The van der Waals surface area contributed by atoms with Crippen LogP contribution in [0.3, 0.4) is 0 Å². The van der Waals surface area contributed by atoms with E-state index in [9.17, 15) is 23.3 Å². The molecule has 2 heterocycles. The third-order valence-electron chi connectivity index (χ3n) is 5.17. The first-order chi connectivity index (χ1) is 14.1. The highest BCUT2D eigenvalue weighted by Gasteiger charge is 2.42. The number of hydrogen-bond donors (Lipinski definition) is 1. The van der Waals surface area contributed by atoms with Crippen LogP contribution in [-0.4, -0.2) is 57.2 Å². The van der Waals surface area contributed by atoms with Crippen LogP contribution in [0.15, 0.2) is 46.1 Å². The number of hydrogen-bond acceptors (Lipinski definition) is 8. The molecule has 30 heavy (non-hydrogen) atoms. The van der Waals surface area contributed by atoms with Gasteiger partial charge in [-0.05, 0) is 39.4 Å². The van der Waals surface area contributed by atoms with Gasteiger partial charge in [-0.1, -0.05) is 12.1 Å². The molecule has 0 spiro atoms. The summed E-state index contributed by atoms with van der Waals surface area (Å²) >= 11 is 0. The van der Waals surface area contributed by atoms with Gasteiger partial charge in [0.2, 0.25) is 0 Å². The number of ether oxygens (including phenoxy) is 1. The number of nitro groups is 1. The highest BCUT2D eigenvalue weighted by atomic mass is 32.2. The number of carbonyl (C=O) groups excluding carboxylic acids is 1. The Kier molecular flexibility index (Phi) is 6.27. The fourth-order valence-electron chi connectivity index (χ4n) is 3.78. The van der Waals surface area contributed by atoms with E-state index in [1.807, 2.05) is 19.0 Å². The molecule has 1 unspecified atom stereocenters. The van der Waals surface area contributed by atoms with Gasteiger partial charge in [0.25, 0.3) is 5.69 Å². The molecule has 0 bridgehead atoms. The molecule has 0 fully saturated rings. The number of benzene rings is 1. The molecule has 1 aromatic rings. The number of allylic oxidation sites excluding steroid dienone is 3. The van der Waals surface area contributed by atoms with E-state index < -0.39 is 26.6 Å². The normalized spacial score (nSPS) is 20.6. The molecule has 0 saturated carbocycles. The van der Waals surface area contributed by atoms with Crippen molar-refractivity contribution in [1.82, 2.24) is 10.2 Å². The van der Waals surface area contributed by atoms with Crippen molar-refractivity contribution in [2.24, 2.45) is 0 Å². The van der Waals surface area contributed by atoms with E-state index in [1.54, 1.807) is 13.0 Å². The van der Waals surface area contributed by atoms with E-state index in [2.05, 4.69) is 5.32 Å². The van der Waals surface area contributed by atoms with Crippen molar-refractivity contribution in [2.75, 3.05) is 33.0 Å². The lowest BCUT2D eigenvalue weighted by molar-refractivity contribution is -0.384. The van der Waals surface area contributed by atoms with Gasteiger partial charge in [0.05, 0.1) is 27.1 Å². The zero-order valence-electron chi connectivity index (χ0n) is 17.2. The highest BCUT2D eigenvalue weighted by molar-refractivity contribution is 7.95. The maximum Gasteiger partial charge on any atom is 0.336 e. The molecule has 0 radical (unpaired) electrons. The predicted octanol–water partition coefficient (Wildman–Crippen LogP) is 2.08. The number of dihydropyridines is 1. The third kappa shape index (κ3) is 4.39. The summed E-state index contributed by atoms with van der Waals surface area (Å²) in [6, 6.07) is 5.76. The molecule has 1 aromatic carbocycles. The summed E-state index contributed by atoms with van der Waals surface area (Å²) in [6.45, 7) is 2.35. The zero-order valence-corrected chi connectivity index (χ0v) is 18.0. The van der Waals surface area contributed by atoms with E-state index in [-0.39, 0.29) is 28.5 Å². The van der Waals surface area contributed by atoms with Gasteiger partial charge in [0.1, 0.15) is 6.61 Å². The Morgan fingerprint density at radius 1 is 1.37 bits per heavy atom. The summed E-state index contributed by atoms with van der Waals surface area (Å²) in [6.07, 6.45) is 1.01. The molecule has 1 atom stereocenters. The van der Waals surface area contributed by atoms with E-state index in [0.29, 0.717) is 36.3 Å². The van der Waals surface area contributed by atoms with Crippen LogP contribution in [0, 0.1) is 10.1 Å². The monoisotopic (exact) mass is 435 g/mol. The van der Waals surface area contributed by atoms with Crippen molar-refractivity contribution in [3.05, 3.63) is 61.8 Å². The molecular weight excluding hydrogens is 410 g/mol. The molecule has 162 valence electrons. The summed E-state index contributed by atoms with van der Waals surface area (Å²) in [5.41, 5.74) is 1.41. The fourth-order valence-corrected chi connectivity index (χ4v) is 5.67. The lowest BCUT2D eigenvalue weighted by atomic mass is 9.85. The third-order valence-corrected chi connectivity index (χ3v) is 7.15. The van der Waals surface area contributed by atoms with Crippen molar-refractivity contribution in [2.45, 2.75) is 25.7 Å². The van der Waals surface area contributed by atoms with E-state index in [0.717, 1.165) is 0 Å². The van der Waals surface area contributed by atoms with Gasteiger partial charge >= 0.3 is 5.97 Å². The molecular formula is C20H25N3O6S. The molecule has 2 aliphatic heterocycles. The number of likely N-dealkylation sites (N-methyl/N-ethyl adjacent to an activating group) is 1. The number of rotatable bonds is 6. The van der Waals surface area contributed by atoms with Crippen LogP contribution in [0.1, 0.15) is 31.2 Å². The van der Waals surface area contributed by atoms with E-state index in [1.165, 1.54) is 18.2 Å². The molecule has 1 N–H and O–H groups in total. The molecule has 2 aliphatic rings. The summed E-state index contributed by atoms with van der Waals surface area (Å²) in [7, 11) is 0.0499. The number of nitro benzene ring substituents is 1. The first-order valence-corrected chi connectivity index (χ1v) is 11.3. The van der Waals surface area contributed by atoms with E-state index >= 15 is 0 Å². The number of carbonyl (C=O) groups is 1. The molecule has 0 aromatic heterocycles. The lowest BCUT2D eigenvalue weighted by Gasteiger charge is -2.34. The Labute approximate surface area is 175 Å². The van der Waals surface area contributed by atoms with Crippen molar-refractivity contribution in [3.63, 3.8) is 0 Å². The van der Waals surface area contributed by atoms with Crippen LogP contribution >= 0.6 is 0 Å². The van der Waals surface area contributed by atoms with Gasteiger partial charge in [0, 0.05) is 30.1 Å². The van der Waals surface area contributed by atoms with Gasteiger partial charge in [-0.3, -0.25) is 10.1 Å². The average Bonchev–Trinajstić information content (AvgIpc) is 2.66. The summed E-state index contributed by atoms with van der Waals surface area (Å²) in [5.74, 6) is -1.61. The largest absolute Gasteiger partial charge is 0.461 e. The Morgan fingerprint density at radius 2 is 2.10 bits per heavy atom.